The van der Waals surface area contributed by atoms with Gasteiger partial charge in [0.1, 0.15) is 13.2 Å². The Hall–Kier alpha value is -2.06. The summed E-state index contributed by atoms with van der Waals surface area (Å²) in [6.45, 7) is 2.15. The minimum absolute atomic E-state index is 0.261. The standard InChI is InChI=1S/C22H30N2O8P2/c1-23-11-13-31-21-15(23)7-9-17(33(25,27-3)28-4)19(21)20-18(34(26,29-5)30-6)10-8-16-22(20)32-14-12-24(16)2/h7-10H,11-14H2,1-6H3. The summed E-state index contributed by atoms with van der Waals surface area (Å²) < 4.78 is 61.3. The molecule has 0 saturated carbocycles. The van der Waals surface area contributed by atoms with Crippen molar-refractivity contribution in [2.75, 3.05) is 78.6 Å². The van der Waals surface area contributed by atoms with Gasteiger partial charge in [0.25, 0.3) is 0 Å². The van der Waals surface area contributed by atoms with Crippen LogP contribution in [0.15, 0.2) is 24.3 Å². The van der Waals surface area contributed by atoms with Crippen molar-refractivity contribution in [3.8, 4) is 22.6 Å². The summed E-state index contributed by atoms with van der Waals surface area (Å²) in [6.07, 6.45) is 0. The van der Waals surface area contributed by atoms with E-state index in [9.17, 15) is 9.13 Å². The Morgan fingerprint density at radius 1 is 0.676 bits per heavy atom. The van der Waals surface area contributed by atoms with Gasteiger partial charge in [0, 0.05) is 53.7 Å². The second-order valence-electron chi connectivity index (χ2n) is 7.88. The number of hydrogen-bond acceptors (Lipinski definition) is 10. The van der Waals surface area contributed by atoms with E-state index < -0.39 is 15.2 Å². The van der Waals surface area contributed by atoms with Crippen LogP contribution in [0.1, 0.15) is 0 Å². The summed E-state index contributed by atoms with van der Waals surface area (Å²) in [5.41, 5.74) is 2.38. The third-order valence-electron chi connectivity index (χ3n) is 6.20. The first-order valence-electron chi connectivity index (χ1n) is 10.7. The number of anilines is 2. The number of fused-ring (bicyclic) bond motifs is 2. The van der Waals surface area contributed by atoms with E-state index in [4.69, 9.17) is 27.6 Å². The number of nitrogens with zero attached hydrogens (tertiary/aromatic N) is 2. The average Bonchev–Trinajstić information content (AvgIpc) is 2.87. The Balaban J connectivity index is 2.20. The number of ether oxygens (including phenoxy) is 2. The van der Waals surface area contributed by atoms with Gasteiger partial charge in [-0.1, -0.05) is 0 Å². The molecule has 12 heteroatoms. The molecule has 0 spiro atoms. The molecule has 2 aromatic rings. The smallest absolute Gasteiger partial charge is 0.361 e. The monoisotopic (exact) mass is 512 g/mol. The summed E-state index contributed by atoms with van der Waals surface area (Å²) >= 11 is 0. The lowest BCUT2D eigenvalue weighted by Gasteiger charge is -2.34. The molecule has 0 unspecified atom stereocenters. The van der Waals surface area contributed by atoms with Gasteiger partial charge < -0.3 is 37.4 Å². The van der Waals surface area contributed by atoms with E-state index >= 15 is 0 Å². The Morgan fingerprint density at radius 2 is 1.03 bits per heavy atom. The molecule has 0 fully saturated rings. The van der Waals surface area contributed by atoms with E-state index in [-0.39, 0.29) is 10.6 Å². The molecule has 2 aromatic carbocycles. The van der Waals surface area contributed by atoms with E-state index in [2.05, 4.69) is 0 Å². The Bertz CT molecular complexity index is 1080. The predicted molar refractivity (Wildman–Crippen MR) is 132 cm³/mol. The van der Waals surface area contributed by atoms with Crippen LogP contribution in [0.25, 0.3) is 11.1 Å². The zero-order valence-corrected chi connectivity index (χ0v) is 22.0. The maximum absolute atomic E-state index is 13.7. The molecule has 0 saturated heterocycles. The molecule has 34 heavy (non-hydrogen) atoms. The van der Waals surface area contributed by atoms with Crippen molar-refractivity contribution in [2.24, 2.45) is 0 Å². The van der Waals surface area contributed by atoms with Crippen LogP contribution in [0, 0.1) is 0 Å². The molecule has 0 radical (unpaired) electrons. The third kappa shape index (κ3) is 3.92. The van der Waals surface area contributed by atoms with Gasteiger partial charge in [-0.2, -0.15) is 0 Å². The Morgan fingerprint density at radius 3 is 1.35 bits per heavy atom. The highest BCUT2D eigenvalue weighted by Gasteiger charge is 2.40. The third-order valence-corrected chi connectivity index (χ3v) is 10.0. The summed E-state index contributed by atoms with van der Waals surface area (Å²) in [5.74, 6) is 0.927. The van der Waals surface area contributed by atoms with Crippen molar-refractivity contribution in [2.45, 2.75) is 0 Å². The lowest BCUT2D eigenvalue weighted by molar-refractivity contribution is 0.285. The quantitative estimate of drug-likeness (QED) is 0.515. The first kappa shape index (κ1) is 25.0. The van der Waals surface area contributed by atoms with Crippen LogP contribution < -0.4 is 29.9 Å². The molecule has 0 aromatic heterocycles. The fourth-order valence-electron chi connectivity index (χ4n) is 4.31. The fraction of sp³-hybridized carbons (Fsp3) is 0.455. The topological polar surface area (TPSA) is 96.0 Å². The number of hydrogen-bond donors (Lipinski definition) is 0. The molecule has 186 valence electrons. The van der Waals surface area contributed by atoms with Crippen molar-refractivity contribution in [3.63, 3.8) is 0 Å². The highest BCUT2D eigenvalue weighted by Crippen LogP contribution is 2.57. The van der Waals surface area contributed by atoms with Crippen molar-refractivity contribution in [3.05, 3.63) is 24.3 Å². The first-order valence-corrected chi connectivity index (χ1v) is 13.8. The second kappa shape index (κ2) is 9.53. The predicted octanol–water partition coefficient (Wildman–Crippen LogP) is 3.23. The van der Waals surface area contributed by atoms with Crippen LogP contribution in [0.4, 0.5) is 11.4 Å². The summed E-state index contributed by atoms with van der Waals surface area (Å²) in [4.78, 5) is 4.07. The molecule has 0 amide bonds. The Kier molecular flexibility index (Phi) is 7.02. The number of likely N-dealkylation sites (N-methyl/N-ethyl adjacent to an activating group) is 2. The molecule has 2 aliphatic heterocycles. The van der Waals surface area contributed by atoms with E-state index in [1.165, 1.54) is 28.4 Å². The van der Waals surface area contributed by atoms with Gasteiger partial charge in [-0.05, 0) is 24.3 Å². The van der Waals surface area contributed by atoms with Crippen molar-refractivity contribution >= 4 is 37.2 Å². The molecule has 0 N–H and O–H groups in total. The van der Waals surface area contributed by atoms with E-state index in [1.54, 1.807) is 12.1 Å². The zero-order chi connectivity index (χ0) is 24.7. The summed E-state index contributed by atoms with van der Waals surface area (Å²) in [6, 6.07) is 7.00. The number of benzene rings is 2. The molecule has 0 bridgehead atoms. The van der Waals surface area contributed by atoms with E-state index in [0.717, 1.165) is 11.4 Å². The lowest BCUT2D eigenvalue weighted by atomic mass is 9.99. The maximum Gasteiger partial charge on any atom is 0.361 e. The zero-order valence-electron chi connectivity index (χ0n) is 20.2. The van der Waals surface area contributed by atoms with Crippen LogP contribution in [-0.4, -0.2) is 68.8 Å². The first-order chi connectivity index (χ1) is 16.2. The molecule has 10 nitrogen and oxygen atoms in total. The van der Waals surface area contributed by atoms with Gasteiger partial charge in [0.2, 0.25) is 0 Å². The Labute approximate surface area is 199 Å². The van der Waals surface area contributed by atoms with E-state index in [0.29, 0.717) is 48.9 Å². The van der Waals surface area contributed by atoms with Gasteiger partial charge in [-0.15, -0.1) is 0 Å². The van der Waals surface area contributed by atoms with Crippen molar-refractivity contribution < 1.29 is 36.7 Å². The van der Waals surface area contributed by atoms with Gasteiger partial charge in [-0.3, -0.25) is 9.13 Å². The lowest BCUT2D eigenvalue weighted by Crippen LogP contribution is -2.32. The van der Waals surface area contributed by atoms with Gasteiger partial charge in [0.15, 0.2) is 11.5 Å². The largest absolute Gasteiger partial charge is 0.489 e. The molecule has 4 rings (SSSR count). The normalized spacial score (nSPS) is 15.9. The highest BCUT2D eigenvalue weighted by molar-refractivity contribution is 7.63. The van der Waals surface area contributed by atoms with Crippen LogP contribution >= 0.6 is 15.2 Å². The average molecular weight is 512 g/mol. The second-order valence-corrected chi connectivity index (χ2v) is 12.3. The highest BCUT2D eigenvalue weighted by atomic mass is 31.2. The minimum Gasteiger partial charge on any atom is -0.489 e. The number of rotatable bonds is 7. The molecule has 0 aliphatic carbocycles. The minimum atomic E-state index is -3.78. The molecule has 0 atom stereocenters. The summed E-state index contributed by atoms with van der Waals surface area (Å²) in [5, 5.41) is 0.522. The SMILES string of the molecule is COP(=O)(OC)c1ccc2c(c1-c1c(P(=O)(OC)OC)ccc3c1OCCN3C)OCCN2C. The van der Waals surface area contributed by atoms with Crippen LogP contribution in [0.5, 0.6) is 11.5 Å². The van der Waals surface area contributed by atoms with Crippen LogP contribution in [-0.2, 0) is 27.2 Å². The molecule has 2 heterocycles. The van der Waals surface area contributed by atoms with Gasteiger partial charge in [-0.25, -0.2) is 0 Å². The molecular formula is C22H30N2O8P2. The summed E-state index contributed by atoms with van der Waals surface area (Å²) in [7, 11) is 1.60. The van der Waals surface area contributed by atoms with Crippen LogP contribution in [0.3, 0.4) is 0 Å². The maximum atomic E-state index is 13.7. The van der Waals surface area contributed by atoms with Crippen molar-refractivity contribution in [1.29, 1.82) is 0 Å². The van der Waals surface area contributed by atoms with Crippen LogP contribution in [0.2, 0.25) is 0 Å². The molecule has 2 aliphatic rings. The van der Waals surface area contributed by atoms with E-state index in [1.807, 2.05) is 36.0 Å². The van der Waals surface area contributed by atoms with Crippen molar-refractivity contribution in [1.82, 2.24) is 0 Å². The van der Waals surface area contributed by atoms with Gasteiger partial charge >= 0.3 is 15.2 Å². The van der Waals surface area contributed by atoms with Gasteiger partial charge in [0.05, 0.1) is 35.1 Å². The molecular weight excluding hydrogens is 482 g/mol. The fourth-order valence-corrected chi connectivity index (χ4v) is 6.88.